The molecule has 0 atom stereocenters. The van der Waals surface area contributed by atoms with Gasteiger partial charge in [-0.25, -0.2) is 4.98 Å². The number of aromatic nitrogens is 3. The van der Waals surface area contributed by atoms with Gasteiger partial charge in [0.1, 0.15) is 4.88 Å². The Hall–Kier alpha value is -2.17. The van der Waals surface area contributed by atoms with Crippen molar-refractivity contribution in [3.8, 4) is 16.8 Å². The maximum atomic E-state index is 8.78. The van der Waals surface area contributed by atoms with Crippen LogP contribution in [0, 0.1) is 25.2 Å². The minimum Gasteiger partial charge on any atom is -0.410 e. The molecule has 0 fully saturated rings. The zero-order valence-corrected chi connectivity index (χ0v) is 13.7. The zero-order chi connectivity index (χ0) is 15.5. The van der Waals surface area contributed by atoms with Gasteiger partial charge in [0.25, 0.3) is 11.1 Å². The minimum atomic E-state index is 0.519. The fourth-order valence-corrected chi connectivity index (χ4v) is 3.47. The summed E-state index contributed by atoms with van der Waals surface area (Å²) < 4.78 is 5.69. The van der Waals surface area contributed by atoms with Gasteiger partial charge in [-0.05, 0) is 31.5 Å². The molecule has 22 heavy (non-hydrogen) atoms. The van der Waals surface area contributed by atoms with Crippen molar-refractivity contribution in [2.24, 2.45) is 0 Å². The van der Waals surface area contributed by atoms with E-state index < -0.39 is 0 Å². The number of hydrogen-bond donors (Lipinski definition) is 0. The summed E-state index contributed by atoms with van der Waals surface area (Å²) in [7, 11) is 0. The molecule has 110 valence electrons. The van der Waals surface area contributed by atoms with Crippen LogP contribution in [0.1, 0.15) is 21.8 Å². The lowest BCUT2D eigenvalue weighted by atomic mass is 10.2. The van der Waals surface area contributed by atoms with E-state index in [-0.39, 0.29) is 0 Å². The monoisotopic (exact) mass is 328 g/mol. The summed E-state index contributed by atoms with van der Waals surface area (Å²) in [6, 6.07) is 9.57. The molecule has 0 radical (unpaired) electrons. The lowest BCUT2D eigenvalue weighted by molar-refractivity contribution is 0.466. The maximum Gasteiger partial charge on any atom is 0.277 e. The third-order valence-electron chi connectivity index (χ3n) is 2.95. The van der Waals surface area contributed by atoms with E-state index in [2.05, 4.69) is 21.3 Å². The Balaban J connectivity index is 1.69. The van der Waals surface area contributed by atoms with Crippen molar-refractivity contribution in [1.82, 2.24) is 15.2 Å². The van der Waals surface area contributed by atoms with Crippen LogP contribution in [0.2, 0.25) is 0 Å². The van der Waals surface area contributed by atoms with E-state index in [0.29, 0.717) is 22.4 Å². The summed E-state index contributed by atoms with van der Waals surface area (Å²) in [5.74, 6) is 1.24. The summed E-state index contributed by atoms with van der Waals surface area (Å²) in [5, 5.41) is 18.4. The lowest BCUT2D eigenvalue weighted by Crippen LogP contribution is -1.81. The van der Waals surface area contributed by atoms with Crippen LogP contribution in [0.25, 0.3) is 10.8 Å². The van der Waals surface area contributed by atoms with Gasteiger partial charge in [0.15, 0.2) is 0 Å². The van der Waals surface area contributed by atoms with E-state index in [1.165, 1.54) is 11.8 Å². The first-order chi connectivity index (χ1) is 10.7. The van der Waals surface area contributed by atoms with Crippen molar-refractivity contribution in [1.29, 1.82) is 5.26 Å². The van der Waals surface area contributed by atoms with Crippen LogP contribution in [-0.2, 0) is 5.75 Å². The molecule has 0 bridgehead atoms. The fraction of sp³-hybridized carbons (Fsp3) is 0.200. The van der Waals surface area contributed by atoms with E-state index in [1.54, 1.807) is 23.5 Å². The van der Waals surface area contributed by atoms with Crippen LogP contribution in [0.4, 0.5) is 0 Å². The molecule has 0 aliphatic heterocycles. The van der Waals surface area contributed by atoms with Crippen LogP contribution >= 0.6 is 23.1 Å². The normalized spacial score (nSPS) is 10.6. The molecule has 5 nitrogen and oxygen atoms in total. The highest BCUT2D eigenvalue weighted by atomic mass is 32.2. The molecular formula is C15H12N4OS2. The number of aryl methyl sites for hydroxylation is 2. The predicted molar refractivity (Wildman–Crippen MR) is 85.6 cm³/mol. The summed E-state index contributed by atoms with van der Waals surface area (Å²) in [6.07, 6.45) is 0. The van der Waals surface area contributed by atoms with Gasteiger partial charge in [0.2, 0.25) is 0 Å². The molecule has 0 N–H and O–H groups in total. The molecule has 3 rings (SSSR count). The first-order valence-corrected chi connectivity index (χ1v) is 8.35. The van der Waals surface area contributed by atoms with Crippen LogP contribution in [0.15, 0.2) is 33.9 Å². The first-order valence-electron chi connectivity index (χ1n) is 6.55. The number of hydrogen-bond acceptors (Lipinski definition) is 7. The van der Waals surface area contributed by atoms with Gasteiger partial charge >= 0.3 is 0 Å². The molecule has 2 heterocycles. The second kappa shape index (κ2) is 6.30. The second-order valence-corrected chi connectivity index (χ2v) is 6.75. The van der Waals surface area contributed by atoms with Crippen LogP contribution in [0.5, 0.6) is 0 Å². The Bertz CT molecular complexity index is 830. The first kappa shape index (κ1) is 14.8. The highest BCUT2D eigenvalue weighted by Gasteiger charge is 2.15. The summed E-state index contributed by atoms with van der Waals surface area (Å²) in [6.45, 7) is 3.89. The van der Waals surface area contributed by atoms with Gasteiger partial charge in [-0.3, -0.25) is 0 Å². The maximum absolute atomic E-state index is 8.78. The van der Waals surface area contributed by atoms with Crippen molar-refractivity contribution in [2.75, 3.05) is 0 Å². The summed E-state index contributed by atoms with van der Waals surface area (Å²) in [5.41, 5.74) is 2.67. The van der Waals surface area contributed by atoms with E-state index in [9.17, 15) is 0 Å². The Kier molecular flexibility index (Phi) is 4.22. The average Bonchev–Trinajstić information content (AvgIpc) is 3.12. The Labute approximate surface area is 136 Å². The molecule has 0 saturated carbocycles. The number of thioether (sulfide) groups is 1. The molecule has 0 amide bonds. The zero-order valence-electron chi connectivity index (χ0n) is 12.0. The molecular weight excluding hydrogens is 316 g/mol. The number of rotatable bonds is 4. The van der Waals surface area contributed by atoms with Crippen molar-refractivity contribution in [3.63, 3.8) is 0 Å². The van der Waals surface area contributed by atoms with Crippen molar-refractivity contribution >= 4 is 23.1 Å². The predicted octanol–water partition coefficient (Wildman–Crippen LogP) is 3.97. The average molecular weight is 328 g/mol. The van der Waals surface area contributed by atoms with Crippen molar-refractivity contribution in [3.05, 3.63) is 46.1 Å². The quantitative estimate of drug-likeness (QED) is 0.674. The van der Waals surface area contributed by atoms with Gasteiger partial charge in [-0.2, -0.15) is 5.26 Å². The Morgan fingerprint density at radius 2 is 2.00 bits per heavy atom. The molecule has 2 aromatic heterocycles. The van der Waals surface area contributed by atoms with Crippen molar-refractivity contribution < 1.29 is 4.42 Å². The summed E-state index contributed by atoms with van der Waals surface area (Å²) in [4.78, 5) is 5.29. The molecule has 0 unspecified atom stereocenters. The molecule has 0 aliphatic rings. The van der Waals surface area contributed by atoms with Crippen LogP contribution in [-0.4, -0.2) is 15.2 Å². The van der Waals surface area contributed by atoms with Gasteiger partial charge in [0.05, 0.1) is 22.3 Å². The summed E-state index contributed by atoms with van der Waals surface area (Å²) >= 11 is 3.03. The lowest BCUT2D eigenvalue weighted by Gasteiger charge is -1.97. The molecule has 0 spiro atoms. The Morgan fingerprint density at radius 3 is 2.64 bits per heavy atom. The standard InChI is InChI=1S/C15H12N4OS2/c1-9-13(22-10(2)17-9)14-18-19-15(20-14)21-8-12-5-3-11(7-16)4-6-12/h3-6H,8H2,1-2H3. The fourth-order valence-electron chi connectivity index (χ4n) is 1.91. The third kappa shape index (κ3) is 3.18. The number of nitrogens with zero attached hydrogens (tertiary/aromatic N) is 4. The molecule has 3 aromatic rings. The van der Waals surface area contributed by atoms with Crippen molar-refractivity contribution in [2.45, 2.75) is 24.8 Å². The smallest absolute Gasteiger partial charge is 0.277 e. The van der Waals surface area contributed by atoms with E-state index in [1.807, 2.05) is 26.0 Å². The highest BCUT2D eigenvalue weighted by molar-refractivity contribution is 7.98. The SMILES string of the molecule is Cc1nc(C)c(-c2nnc(SCc3ccc(C#N)cc3)o2)s1. The minimum absolute atomic E-state index is 0.519. The van der Waals surface area contributed by atoms with Gasteiger partial charge < -0.3 is 4.42 Å². The van der Waals surface area contributed by atoms with Gasteiger partial charge in [0, 0.05) is 5.75 Å². The third-order valence-corrected chi connectivity index (χ3v) is 4.90. The largest absolute Gasteiger partial charge is 0.410 e. The molecule has 7 heteroatoms. The topological polar surface area (TPSA) is 75.6 Å². The van der Waals surface area contributed by atoms with Gasteiger partial charge in [-0.15, -0.1) is 21.5 Å². The molecule has 0 aliphatic carbocycles. The Morgan fingerprint density at radius 1 is 1.23 bits per heavy atom. The van der Waals surface area contributed by atoms with E-state index in [0.717, 1.165) is 21.1 Å². The van der Waals surface area contributed by atoms with E-state index >= 15 is 0 Å². The van der Waals surface area contributed by atoms with Crippen LogP contribution < -0.4 is 0 Å². The molecule has 1 aromatic carbocycles. The van der Waals surface area contributed by atoms with Gasteiger partial charge in [-0.1, -0.05) is 23.9 Å². The number of nitriles is 1. The molecule has 0 saturated heterocycles. The highest BCUT2D eigenvalue weighted by Crippen LogP contribution is 2.31. The number of benzene rings is 1. The second-order valence-electron chi connectivity index (χ2n) is 4.62. The number of thiazole rings is 1. The van der Waals surface area contributed by atoms with Crippen LogP contribution in [0.3, 0.4) is 0 Å². The van der Waals surface area contributed by atoms with E-state index in [4.69, 9.17) is 9.68 Å².